The number of rotatable bonds is 7. The lowest BCUT2D eigenvalue weighted by Gasteiger charge is -2.13. The van der Waals surface area contributed by atoms with Crippen molar-refractivity contribution >= 4 is 0 Å². The molecule has 0 aliphatic rings. The van der Waals surface area contributed by atoms with Crippen LogP contribution in [0.2, 0.25) is 0 Å². The van der Waals surface area contributed by atoms with E-state index in [9.17, 15) is 5.11 Å². The molecule has 0 bridgehead atoms. The molecule has 5 heteroatoms. The summed E-state index contributed by atoms with van der Waals surface area (Å²) in [5.74, 6) is 0.719. The molecule has 1 rings (SSSR count). The van der Waals surface area contributed by atoms with E-state index in [-0.39, 0.29) is 12.2 Å². The molecular weight excluding hydrogens is 220 g/mol. The molecule has 98 valence electrons. The molecule has 0 saturated carbocycles. The van der Waals surface area contributed by atoms with E-state index in [1.54, 1.807) is 17.1 Å². The predicted octanol–water partition coefficient (Wildman–Crippen LogP) is 1.46. The number of aliphatic hydroxyl groups is 1. The van der Waals surface area contributed by atoms with Crippen molar-refractivity contribution in [2.75, 3.05) is 6.61 Å². The van der Waals surface area contributed by atoms with Crippen molar-refractivity contribution in [1.82, 2.24) is 9.78 Å². The first-order valence-electron chi connectivity index (χ1n) is 5.96. The Labute approximate surface area is 102 Å². The van der Waals surface area contributed by atoms with Crippen LogP contribution < -0.4 is 4.74 Å². The maximum Gasteiger partial charge on any atom is 0.157 e. The Hall–Kier alpha value is -1.07. The van der Waals surface area contributed by atoms with E-state index in [2.05, 4.69) is 5.10 Å². The summed E-state index contributed by atoms with van der Waals surface area (Å²) in [6.45, 7) is 8.53. The lowest BCUT2D eigenvalue weighted by atomic mass is 10.3. The minimum absolute atomic E-state index is 0.127. The third kappa shape index (κ3) is 5.70. The molecule has 0 aromatic carbocycles. The first kappa shape index (κ1) is 14.0. The molecule has 17 heavy (non-hydrogen) atoms. The van der Waals surface area contributed by atoms with Crippen molar-refractivity contribution in [3.05, 3.63) is 12.4 Å². The monoisotopic (exact) mass is 242 g/mol. The van der Waals surface area contributed by atoms with Crippen molar-refractivity contribution in [3.63, 3.8) is 0 Å². The number of ether oxygens (including phenoxy) is 2. The van der Waals surface area contributed by atoms with Gasteiger partial charge in [0.2, 0.25) is 0 Å². The second-order valence-electron chi connectivity index (χ2n) is 4.60. The first-order valence-corrected chi connectivity index (χ1v) is 5.96. The van der Waals surface area contributed by atoms with Crippen LogP contribution in [0.25, 0.3) is 0 Å². The van der Waals surface area contributed by atoms with Gasteiger partial charge in [0.25, 0.3) is 0 Å². The Morgan fingerprint density at radius 3 is 2.59 bits per heavy atom. The number of nitrogens with zero attached hydrogens (tertiary/aromatic N) is 2. The molecule has 1 atom stereocenters. The minimum atomic E-state index is -0.552. The highest BCUT2D eigenvalue weighted by atomic mass is 16.5. The average molecular weight is 242 g/mol. The zero-order valence-corrected chi connectivity index (χ0v) is 11.0. The molecular formula is C12H22N2O3. The van der Waals surface area contributed by atoms with Crippen LogP contribution in [0.15, 0.2) is 12.4 Å². The maximum absolute atomic E-state index is 9.72. The molecule has 0 aliphatic heterocycles. The van der Waals surface area contributed by atoms with E-state index in [0.717, 1.165) is 5.75 Å². The second-order valence-corrected chi connectivity index (χ2v) is 4.60. The van der Waals surface area contributed by atoms with Crippen molar-refractivity contribution < 1.29 is 14.6 Å². The fraction of sp³-hybridized carbons (Fsp3) is 0.750. The second kappa shape index (κ2) is 6.61. The molecule has 1 aromatic rings. The van der Waals surface area contributed by atoms with Gasteiger partial charge in [-0.25, -0.2) is 0 Å². The summed E-state index contributed by atoms with van der Waals surface area (Å²) in [5.41, 5.74) is 0. The maximum atomic E-state index is 9.72. The predicted molar refractivity (Wildman–Crippen MR) is 65.1 cm³/mol. The molecule has 0 fully saturated rings. The Balaban J connectivity index is 2.37. The number of aromatic nitrogens is 2. The summed E-state index contributed by atoms with van der Waals surface area (Å²) in [4.78, 5) is 0. The van der Waals surface area contributed by atoms with Gasteiger partial charge < -0.3 is 14.6 Å². The molecule has 0 saturated heterocycles. The summed E-state index contributed by atoms with van der Waals surface area (Å²) >= 11 is 0. The third-order valence-electron chi connectivity index (χ3n) is 2.00. The van der Waals surface area contributed by atoms with Crippen LogP contribution in [0.5, 0.6) is 5.75 Å². The quantitative estimate of drug-likeness (QED) is 0.786. The van der Waals surface area contributed by atoms with Gasteiger partial charge in [-0.3, -0.25) is 4.68 Å². The van der Waals surface area contributed by atoms with Gasteiger partial charge >= 0.3 is 0 Å². The van der Waals surface area contributed by atoms with E-state index in [0.29, 0.717) is 13.2 Å². The fourth-order valence-corrected chi connectivity index (χ4v) is 1.35. The summed E-state index contributed by atoms with van der Waals surface area (Å²) in [7, 11) is 0. The van der Waals surface area contributed by atoms with Gasteiger partial charge in [-0.1, -0.05) is 0 Å². The number of aliphatic hydroxyl groups excluding tert-OH is 1. The van der Waals surface area contributed by atoms with Gasteiger partial charge in [-0.15, -0.1) is 0 Å². The number of hydrogen-bond donors (Lipinski definition) is 1. The molecule has 0 aliphatic carbocycles. The molecule has 1 aromatic heterocycles. The van der Waals surface area contributed by atoms with Crippen LogP contribution in [0, 0.1) is 0 Å². The zero-order valence-electron chi connectivity index (χ0n) is 11.0. The number of hydrogen-bond acceptors (Lipinski definition) is 4. The largest absolute Gasteiger partial charge is 0.488 e. The molecule has 1 N–H and O–H groups in total. The Bertz CT molecular complexity index is 323. The highest BCUT2D eigenvalue weighted by molar-refractivity contribution is 5.11. The van der Waals surface area contributed by atoms with Gasteiger partial charge in [-0.2, -0.15) is 5.10 Å². The van der Waals surface area contributed by atoms with E-state index in [1.165, 1.54) is 0 Å². The van der Waals surface area contributed by atoms with Crippen LogP contribution in [0.4, 0.5) is 0 Å². The summed E-state index contributed by atoms with van der Waals surface area (Å²) < 4.78 is 12.5. The van der Waals surface area contributed by atoms with Gasteiger partial charge in [0.15, 0.2) is 5.75 Å². The summed E-state index contributed by atoms with van der Waals surface area (Å²) in [6, 6.07) is 0. The van der Waals surface area contributed by atoms with E-state index in [1.807, 2.05) is 27.7 Å². The molecule has 1 unspecified atom stereocenters. The Morgan fingerprint density at radius 2 is 2.00 bits per heavy atom. The third-order valence-corrected chi connectivity index (χ3v) is 2.00. The van der Waals surface area contributed by atoms with E-state index < -0.39 is 6.10 Å². The fourth-order valence-electron chi connectivity index (χ4n) is 1.35. The van der Waals surface area contributed by atoms with E-state index >= 15 is 0 Å². The van der Waals surface area contributed by atoms with Gasteiger partial charge in [-0.05, 0) is 27.7 Å². The van der Waals surface area contributed by atoms with Gasteiger partial charge in [0.05, 0.1) is 43.9 Å². The highest BCUT2D eigenvalue weighted by Crippen LogP contribution is 2.10. The lowest BCUT2D eigenvalue weighted by Crippen LogP contribution is -2.24. The molecule has 1 heterocycles. The Morgan fingerprint density at radius 1 is 1.29 bits per heavy atom. The normalized spacial score (nSPS) is 13.4. The van der Waals surface area contributed by atoms with Crippen LogP contribution in [-0.4, -0.2) is 39.8 Å². The minimum Gasteiger partial charge on any atom is -0.488 e. The molecule has 5 nitrogen and oxygen atoms in total. The summed E-state index contributed by atoms with van der Waals surface area (Å²) in [5, 5.41) is 13.8. The molecule has 0 spiro atoms. The SMILES string of the molecule is CC(C)OCC(O)Cn1cc(OC(C)C)cn1. The standard InChI is InChI=1S/C12H22N2O3/c1-9(2)16-8-11(15)6-14-7-12(5-13-14)17-10(3)4/h5,7,9-11,15H,6,8H2,1-4H3. The Kier molecular flexibility index (Phi) is 5.44. The smallest absolute Gasteiger partial charge is 0.157 e. The van der Waals surface area contributed by atoms with Crippen molar-refractivity contribution in [2.45, 2.75) is 52.6 Å². The van der Waals surface area contributed by atoms with Gasteiger partial charge in [0, 0.05) is 0 Å². The first-order chi connectivity index (χ1) is 7.97. The molecule has 0 amide bonds. The highest BCUT2D eigenvalue weighted by Gasteiger charge is 2.08. The van der Waals surface area contributed by atoms with Crippen LogP contribution in [-0.2, 0) is 11.3 Å². The lowest BCUT2D eigenvalue weighted by molar-refractivity contribution is -0.00204. The van der Waals surface area contributed by atoms with Crippen molar-refractivity contribution in [3.8, 4) is 5.75 Å². The van der Waals surface area contributed by atoms with Crippen molar-refractivity contribution in [2.24, 2.45) is 0 Å². The van der Waals surface area contributed by atoms with Crippen LogP contribution in [0.1, 0.15) is 27.7 Å². The van der Waals surface area contributed by atoms with Crippen LogP contribution in [0.3, 0.4) is 0 Å². The molecule has 0 radical (unpaired) electrons. The van der Waals surface area contributed by atoms with E-state index in [4.69, 9.17) is 9.47 Å². The summed E-state index contributed by atoms with van der Waals surface area (Å²) in [6.07, 6.45) is 3.13. The topological polar surface area (TPSA) is 56.5 Å². The van der Waals surface area contributed by atoms with Gasteiger partial charge in [0.1, 0.15) is 0 Å². The average Bonchev–Trinajstić information content (AvgIpc) is 2.61. The van der Waals surface area contributed by atoms with Crippen molar-refractivity contribution in [1.29, 1.82) is 0 Å². The zero-order chi connectivity index (χ0) is 12.8. The van der Waals surface area contributed by atoms with Crippen LogP contribution >= 0.6 is 0 Å².